The van der Waals surface area contributed by atoms with Crippen LogP contribution in [0.4, 0.5) is 0 Å². The van der Waals surface area contributed by atoms with Gasteiger partial charge < -0.3 is 4.74 Å². The molecule has 0 spiro atoms. The molecule has 1 unspecified atom stereocenters. The molecule has 0 saturated carbocycles. The SMILES string of the molecule is C=CC(=C)CC[C@H]1C=CC(C)[C@H](OC(=O)C=C(C)C)C1(C)C. The van der Waals surface area contributed by atoms with Crippen LogP contribution in [0.15, 0.2) is 48.6 Å². The lowest BCUT2D eigenvalue weighted by Gasteiger charge is -2.44. The van der Waals surface area contributed by atoms with Gasteiger partial charge in [0.05, 0.1) is 0 Å². The summed E-state index contributed by atoms with van der Waals surface area (Å²) in [6.45, 7) is 18.0. The quantitative estimate of drug-likeness (QED) is 0.290. The van der Waals surface area contributed by atoms with Crippen LogP contribution >= 0.6 is 0 Å². The van der Waals surface area contributed by atoms with E-state index in [1.165, 1.54) is 0 Å². The van der Waals surface area contributed by atoms with Crippen molar-refractivity contribution in [1.82, 2.24) is 0 Å². The van der Waals surface area contributed by atoms with Crippen LogP contribution in [-0.4, -0.2) is 12.1 Å². The first-order valence-corrected chi connectivity index (χ1v) is 8.02. The molecule has 0 aromatic rings. The molecule has 0 N–H and O–H groups in total. The van der Waals surface area contributed by atoms with Crippen LogP contribution < -0.4 is 0 Å². The van der Waals surface area contributed by atoms with Gasteiger partial charge in [-0.25, -0.2) is 4.79 Å². The lowest BCUT2D eigenvalue weighted by Crippen LogP contribution is -2.45. The Morgan fingerprint density at radius 3 is 2.50 bits per heavy atom. The van der Waals surface area contributed by atoms with E-state index < -0.39 is 0 Å². The molecule has 0 amide bonds. The second-order valence-electron chi connectivity index (χ2n) is 7.15. The minimum Gasteiger partial charge on any atom is -0.458 e. The van der Waals surface area contributed by atoms with Gasteiger partial charge in [0.1, 0.15) is 6.10 Å². The third kappa shape index (κ3) is 4.72. The van der Waals surface area contributed by atoms with Crippen LogP contribution in [0.2, 0.25) is 0 Å². The number of hydrogen-bond donors (Lipinski definition) is 0. The van der Waals surface area contributed by atoms with Crippen molar-refractivity contribution >= 4 is 5.97 Å². The normalized spacial score (nSPS) is 26.1. The highest BCUT2D eigenvalue weighted by atomic mass is 16.5. The Labute approximate surface area is 135 Å². The summed E-state index contributed by atoms with van der Waals surface area (Å²) in [7, 11) is 0. The van der Waals surface area contributed by atoms with Crippen molar-refractivity contribution in [3.8, 4) is 0 Å². The molecule has 2 nitrogen and oxygen atoms in total. The van der Waals surface area contributed by atoms with Crippen molar-refractivity contribution in [2.45, 2.75) is 53.6 Å². The lowest BCUT2D eigenvalue weighted by atomic mass is 9.65. The Balaban J connectivity index is 2.87. The highest BCUT2D eigenvalue weighted by molar-refractivity contribution is 5.82. The summed E-state index contributed by atoms with van der Waals surface area (Å²) in [5.41, 5.74) is 1.92. The van der Waals surface area contributed by atoms with E-state index in [0.29, 0.717) is 5.92 Å². The zero-order chi connectivity index (χ0) is 16.9. The fourth-order valence-electron chi connectivity index (χ4n) is 3.11. The van der Waals surface area contributed by atoms with Gasteiger partial charge >= 0.3 is 5.97 Å². The fourth-order valence-corrected chi connectivity index (χ4v) is 3.11. The summed E-state index contributed by atoms with van der Waals surface area (Å²) in [4.78, 5) is 12.0. The largest absolute Gasteiger partial charge is 0.458 e. The maximum absolute atomic E-state index is 12.0. The first-order valence-electron chi connectivity index (χ1n) is 8.02. The molecule has 22 heavy (non-hydrogen) atoms. The molecule has 1 rings (SSSR count). The van der Waals surface area contributed by atoms with Gasteiger partial charge in [-0.2, -0.15) is 0 Å². The zero-order valence-electron chi connectivity index (χ0n) is 14.7. The Kier molecular flexibility index (Phi) is 6.40. The van der Waals surface area contributed by atoms with E-state index in [9.17, 15) is 4.79 Å². The Morgan fingerprint density at radius 1 is 1.32 bits per heavy atom. The summed E-state index contributed by atoms with van der Waals surface area (Å²) in [6, 6.07) is 0. The van der Waals surface area contributed by atoms with Gasteiger partial charge in [0.15, 0.2) is 0 Å². The van der Waals surface area contributed by atoms with Gasteiger partial charge in [0.25, 0.3) is 0 Å². The smallest absolute Gasteiger partial charge is 0.330 e. The third-order valence-corrected chi connectivity index (χ3v) is 4.53. The number of ether oxygens (including phenoxy) is 1. The highest BCUT2D eigenvalue weighted by Gasteiger charge is 2.43. The monoisotopic (exact) mass is 302 g/mol. The number of carbonyl (C=O) groups is 1. The van der Waals surface area contributed by atoms with Crippen molar-refractivity contribution in [3.63, 3.8) is 0 Å². The second kappa shape index (κ2) is 7.62. The highest BCUT2D eigenvalue weighted by Crippen LogP contribution is 2.44. The first-order chi connectivity index (χ1) is 10.2. The molecule has 0 saturated heterocycles. The molecule has 0 aromatic carbocycles. The molecular weight excluding hydrogens is 272 g/mol. The first kappa shape index (κ1) is 18.5. The average Bonchev–Trinajstić information content (AvgIpc) is 2.41. The van der Waals surface area contributed by atoms with E-state index >= 15 is 0 Å². The summed E-state index contributed by atoms with van der Waals surface area (Å²) in [5.74, 6) is 0.350. The van der Waals surface area contributed by atoms with Crippen LogP contribution in [-0.2, 0) is 9.53 Å². The second-order valence-corrected chi connectivity index (χ2v) is 7.15. The predicted molar refractivity (Wildman–Crippen MR) is 93.5 cm³/mol. The molecule has 0 heterocycles. The Hall–Kier alpha value is -1.57. The van der Waals surface area contributed by atoms with Gasteiger partial charge in [-0.1, -0.05) is 63.3 Å². The standard InChI is InChI=1S/C20H30O2/c1-8-15(4)9-11-17-12-10-16(5)19(20(17,6)7)22-18(21)13-14(2)3/h8,10,12-13,16-17,19H,1,4,9,11H2,2-3,5-7H3/t16?,17-,19-/m0/s1. The van der Waals surface area contributed by atoms with Gasteiger partial charge in [-0.05, 0) is 32.6 Å². The van der Waals surface area contributed by atoms with Crippen LogP contribution in [0.25, 0.3) is 0 Å². The molecule has 122 valence electrons. The molecule has 0 aromatic heterocycles. The van der Waals surface area contributed by atoms with Crippen LogP contribution in [0.5, 0.6) is 0 Å². The van der Waals surface area contributed by atoms with Gasteiger partial charge in [-0.3, -0.25) is 0 Å². The van der Waals surface area contributed by atoms with Crippen molar-refractivity contribution in [1.29, 1.82) is 0 Å². The maximum atomic E-state index is 12.0. The van der Waals surface area contributed by atoms with Crippen LogP contribution in [0.1, 0.15) is 47.5 Å². The molecule has 1 aliphatic rings. The fraction of sp³-hybridized carbons (Fsp3) is 0.550. The van der Waals surface area contributed by atoms with E-state index in [1.807, 2.05) is 19.9 Å². The van der Waals surface area contributed by atoms with Crippen molar-refractivity contribution in [3.05, 3.63) is 48.6 Å². The van der Waals surface area contributed by atoms with E-state index in [4.69, 9.17) is 4.74 Å². The van der Waals surface area contributed by atoms with E-state index in [-0.39, 0.29) is 23.4 Å². The number of rotatable bonds is 6. The summed E-state index contributed by atoms with van der Waals surface area (Å²) in [6.07, 6.45) is 9.63. The summed E-state index contributed by atoms with van der Waals surface area (Å²) in [5, 5.41) is 0. The Morgan fingerprint density at radius 2 is 1.95 bits per heavy atom. The van der Waals surface area contributed by atoms with Gasteiger partial charge in [0, 0.05) is 17.4 Å². The van der Waals surface area contributed by atoms with Crippen LogP contribution in [0.3, 0.4) is 0 Å². The molecule has 1 aliphatic carbocycles. The number of esters is 1. The molecule has 0 aliphatic heterocycles. The van der Waals surface area contributed by atoms with Crippen molar-refractivity contribution < 1.29 is 9.53 Å². The number of hydrogen-bond acceptors (Lipinski definition) is 2. The van der Waals surface area contributed by atoms with E-state index in [2.05, 4.69) is 46.1 Å². The third-order valence-electron chi connectivity index (χ3n) is 4.53. The van der Waals surface area contributed by atoms with Crippen LogP contribution in [0, 0.1) is 17.3 Å². The summed E-state index contributed by atoms with van der Waals surface area (Å²) < 4.78 is 5.78. The number of carbonyl (C=O) groups excluding carboxylic acids is 1. The van der Waals surface area contributed by atoms with Gasteiger partial charge in [-0.15, -0.1) is 0 Å². The lowest BCUT2D eigenvalue weighted by molar-refractivity contribution is -0.155. The minimum atomic E-state index is -0.241. The molecule has 2 heteroatoms. The zero-order valence-corrected chi connectivity index (χ0v) is 14.7. The van der Waals surface area contributed by atoms with Gasteiger partial charge in [0.2, 0.25) is 0 Å². The number of allylic oxidation sites excluding steroid dienone is 4. The summed E-state index contributed by atoms with van der Waals surface area (Å²) >= 11 is 0. The van der Waals surface area contributed by atoms with Crippen molar-refractivity contribution in [2.75, 3.05) is 0 Å². The Bertz CT molecular complexity index is 490. The topological polar surface area (TPSA) is 26.3 Å². The van der Waals surface area contributed by atoms with E-state index in [0.717, 1.165) is 24.0 Å². The molecule has 0 fully saturated rings. The molecule has 0 bridgehead atoms. The maximum Gasteiger partial charge on any atom is 0.330 e. The van der Waals surface area contributed by atoms with E-state index in [1.54, 1.807) is 6.08 Å². The molecular formula is C20H30O2. The average molecular weight is 302 g/mol. The molecule has 0 radical (unpaired) electrons. The molecule has 3 atom stereocenters. The van der Waals surface area contributed by atoms with Crippen molar-refractivity contribution in [2.24, 2.45) is 17.3 Å². The predicted octanol–water partition coefficient (Wildman–Crippen LogP) is 5.24. The minimum absolute atomic E-state index is 0.0965.